The molecule has 0 aliphatic carbocycles. The third-order valence-electron chi connectivity index (χ3n) is 3.64. The van der Waals surface area contributed by atoms with Gasteiger partial charge in [0.25, 0.3) is 10.0 Å². The molecule has 0 bridgehead atoms. The number of sulfonamides is 2. The van der Waals surface area contributed by atoms with Crippen molar-refractivity contribution in [2.45, 2.75) is 16.7 Å². The molecule has 0 unspecified atom stereocenters. The van der Waals surface area contributed by atoms with Crippen LogP contribution in [0, 0.1) is 0 Å². The van der Waals surface area contributed by atoms with Gasteiger partial charge in [0.05, 0.1) is 0 Å². The van der Waals surface area contributed by atoms with Gasteiger partial charge in [0.2, 0.25) is 10.0 Å². The molecule has 0 spiro atoms. The molecule has 1 aromatic carbocycles. The minimum Gasteiger partial charge on any atom is -0.278 e. The van der Waals surface area contributed by atoms with E-state index in [2.05, 4.69) is 5.10 Å². The molecule has 0 aliphatic heterocycles. The summed E-state index contributed by atoms with van der Waals surface area (Å²) < 4.78 is 54.0. The molecule has 0 fully saturated rings. The van der Waals surface area contributed by atoms with Crippen LogP contribution < -0.4 is 10.4 Å². The summed E-state index contributed by atoms with van der Waals surface area (Å²) in [6.45, 7) is 1.68. The van der Waals surface area contributed by atoms with Gasteiger partial charge in [-0.25, -0.2) is 35.5 Å². The van der Waals surface area contributed by atoms with Crippen LogP contribution in [0.1, 0.15) is 12.7 Å². The minimum absolute atomic E-state index is 0.135. The number of hydrogen-bond acceptors (Lipinski definition) is 7. The molecule has 13 heteroatoms. The zero-order chi connectivity index (χ0) is 21.3. The van der Waals surface area contributed by atoms with Crippen LogP contribution in [0.2, 0.25) is 0 Å². The third kappa shape index (κ3) is 3.90. The van der Waals surface area contributed by atoms with E-state index in [1.807, 2.05) is 0 Å². The lowest BCUT2D eigenvalue weighted by Gasteiger charge is -2.15. The number of amides is 1. The van der Waals surface area contributed by atoms with E-state index < -0.39 is 41.6 Å². The lowest BCUT2D eigenvalue weighted by molar-refractivity contribution is 0.243. The predicted molar refractivity (Wildman–Crippen MR) is 101 cm³/mol. The quantitative estimate of drug-likeness (QED) is 0.695. The normalized spacial score (nSPS) is 12.6. The third-order valence-corrected chi connectivity index (χ3v) is 7.02. The van der Waals surface area contributed by atoms with E-state index in [1.165, 1.54) is 39.4 Å². The van der Waals surface area contributed by atoms with Crippen LogP contribution >= 0.6 is 0 Å². The van der Waals surface area contributed by atoms with Gasteiger partial charge in [-0.1, -0.05) is 18.2 Å². The molecule has 152 valence electrons. The van der Waals surface area contributed by atoms with Crippen molar-refractivity contribution in [2.24, 2.45) is 7.05 Å². The van der Waals surface area contributed by atoms with E-state index in [0.29, 0.717) is 4.68 Å². The van der Waals surface area contributed by atoms with Gasteiger partial charge in [0.1, 0.15) is 9.79 Å². The molecule has 0 saturated carbocycles. The summed E-state index contributed by atoms with van der Waals surface area (Å²) in [6.07, 6.45) is 3.04. The van der Waals surface area contributed by atoms with Crippen molar-refractivity contribution in [1.82, 2.24) is 23.4 Å². The Balaban J connectivity index is 2.51. The van der Waals surface area contributed by atoms with E-state index in [9.17, 15) is 26.4 Å². The summed E-state index contributed by atoms with van der Waals surface area (Å²) in [6, 6.07) is 3.46. The zero-order valence-corrected chi connectivity index (χ0v) is 17.2. The van der Waals surface area contributed by atoms with Crippen LogP contribution in [0.3, 0.4) is 0 Å². The number of carbonyl (C=O) groups excluding carboxylic acids is 1. The minimum atomic E-state index is -4.62. The summed E-state index contributed by atoms with van der Waals surface area (Å²) >= 11 is 0. The number of aromatic nitrogens is 3. The van der Waals surface area contributed by atoms with Crippen molar-refractivity contribution in [3.63, 3.8) is 0 Å². The fourth-order valence-electron chi connectivity index (χ4n) is 2.17. The first-order chi connectivity index (χ1) is 12.9. The lowest BCUT2D eigenvalue weighted by atomic mass is 10.4. The van der Waals surface area contributed by atoms with Crippen LogP contribution in [0.15, 0.2) is 44.9 Å². The highest BCUT2D eigenvalue weighted by Gasteiger charge is 2.30. The van der Waals surface area contributed by atoms with Crippen LogP contribution in [0.4, 0.5) is 4.79 Å². The summed E-state index contributed by atoms with van der Waals surface area (Å²) in [7, 11) is -4.87. The van der Waals surface area contributed by atoms with Gasteiger partial charge in [0, 0.05) is 21.1 Å². The lowest BCUT2D eigenvalue weighted by Crippen LogP contribution is -2.41. The Bertz CT molecular complexity index is 1210. The predicted octanol–water partition coefficient (Wildman–Crippen LogP) is -0.188. The smallest absolute Gasteiger partial charge is 0.278 e. The van der Waals surface area contributed by atoms with E-state index in [0.717, 1.165) is 21.0 Å². The van der Waals surface area contributed by atoms with Crippen molar-refractivity contribution >= 4 is 32.2 Å². The first kappa shape index (κ1) is 21.5. The van der Waals surface area contributed by atoms with Crippen molar-refractivity contribution in [3.05, 3.63) is 46.7 Å². The maximum absolute atomic E-state index is 12.7. The highest BCUT2D eigenvalue weighted by Crippen LogP contribution is 2.22. The second-order valence-electron chi connectivity index (χ2n) is 5.76. The number of rotatable bonds is 5. The number of benzene rings is 1. The second kappa shape index (κ2) is 7.69. The molecule has 1 amide bonds. The Morgan fingerprint density at radius 2 is 1.71 bits per heavy atom. The summed E-state index contributed by atoms with van der Waals surface area (Å²) in [5, 5.41) is 3.75. The average Bonchev–Trinajstić information content (AvgIpc) is 2.90. The Hall–Kier alpha value is -2.77. The molecule has 28 heavy (non-hydrogen) atoms. The molecule has 1 N–H and O–H groups in total. The van der Waals surface area contributed by atoms with E-state index >= 15 is 0 Å². The van der Waals surface area contributed by atoms with E-state index in [-0.39, 0.29) is 5.82 Å². The molecule has 0 atom stereocenters. The molecule has 1 aromatic heterocycles. The Labute approximate surface area is 162 Å². The van der Waals surface area contributed by atoms with Gasteiger partial charge in [-0.2, -0.15) is 0 Å². The molecule has 0 saturated heterocycles. The van der Waals surface area contributed by atoms with E-state index in [4.69, 9.17) is 0 Å². The van der Waals surface area contributed by atoms with Crippen molar-refractivity contribution in [2.75, 3.05) is 14.1 Å². The molecule has 0 aliphatic rings. The van der Waals surface area contributed by atoms with Gasteiger partial charge >= 0.3 is 11.7 Å². The molecular weight excluding hydrogens is 410 g/mol. The van der Waals surface area contributed by atoms with Crippen LogP contribution in [-0.2, 0) is 27.1 Å². The SMILES string of the molecule is C/C=C/c1nn(C(=O)NS(=O)(=O)c2ccccc2S(=O)(=O)N(C)C)c(=O)n1C. The van der Waals surface area contributed by atoms with Crippen molar-refractivity contribution < 1.29 is 21.6 Å². The van der Waals surface area contributed by atoms with Crippen LogP contribution in [0.5, 0.6) is 0 Å². The molecule has 2 aromatic rings. The molecule has 2 rings (SSSR count). The second-order valence-corrected chi connectivity index (χ2v) is 9.53. The first-order valence-electron chi connectivity index (χ1n) is 7.81. The van der Waals surface area contributed by atoms with Gasteiger partial charge < -0.3 is 0 Å². The first-order valence-corrected chi connectivity index (χ1v) is 10.7. The summed E-state index contributed by atoms with van der Waals surface area (Å²) in [5.41, 5.74) is -0.866. The van der Waals surface area contributed by atoms with Crippen molar-refractivity contribution in [1.29, 1.82) is 0 Å². The van der Waals surface area contributed by atoms with Crippen LogP contribution in [-0.4, -0.2) is 55.6 Å². The number of hydrogen-bond donors (Lipinski definition) is 1. The fourth-order valence-corrected chi connectivity index (χ4v) is 4.80. The molecule has 1 heterocycles. The molecule has 11 nitrogen and oxygen atoms in total. The Morgan fingerprint density at radius 3 is 2.25 bits per heavy atom. The van der Waals surface area contributed by atoms with Gasteiger partial charge in [0.15, 0.2) is 5.82 Å². The topological polar surface area (TPSA) is 140 Å². The summed E-state index contributed by atoms with van der Waals surface area (Å²) in [4.78, 5) is 23.3. The average molecular weight is 429 g/mol. The molecule has 0 radical (unpaired) electrons. The molecular formula is C15H19N5O6S2. The largest absolute Gasteiger partial charge is 0.360 e. The number of allylic oxidation sites excluding steroid dienone is 1. The highest BCUT2D eigenvalue weighted by atomic mass is 32.2. The number of nitrogens with zero attached hydrogens (tertiary/aromatic N) is 4. The maximum Gasteiger partial charge on any atom is 0.360 e. The van der Waals surface area contributed by atoms with Gasteiger partial charge in [-0.3, -0.25) is 4.57 Å². The fraction of sp³-hybridized carbons (Fsp3) is 0.267. The monoisotopic (exact) mass is 429 g/mol. The number of nitrogens with one attached hydrogen (secondary N) is 1. The van der Waals surface area contributed by atoms with Crippen molar-refractivity contribution in [3.8, 4) is 0 Å². The Kier molecular flexibility index (Phi) is 5.91. The Morgan fingerprint density at radius 1 is 1.14 bits per heavy atom. The highest BCUT2D eigenvalue weighted by molar-refractivity contribution is 7.92. The maximum atomic E-state index is 12.7. The van der Waals surface area contributed by atoms with Gasteiger partial charge in [-0.15, -0.1) is 9.78 Å². The standard InChI is InChI=1S/C15H19N5O6S2/c1-5-8-13-16-20(15(22)19(13)4)14(21)17-27(23,24)11-9-6-7-10-12(11)28(25,26)18(2)3/h5-10H,1-4H3,(H,17,21)/b8-5+. The van der Waals surface area contributed by atoms with Crippen LogP contribution in [0.25, 0.3) is 6.08 Å². The summed E-state index contributed by atoms with van der Waals surface area (Å²) in [5.74, 6) is 0.135. The van der Waals surface area contributed by atoms with E-state index in [1.54, 1.807) is 17.7 Å². The number of carbonyl (C=O) groups is 1. The zero-order valence-electron chi connectivity index (χ0n) is 15.5. The van der Waals surface area contributed by atoms with Gasteiger partial charge in [-0.05, 0) is 25.1 Å².